The van der Waals surface area contributed by atoms with E-state index in [1.807, 2.05) is 19.3 Å². The van der Waals surface area contributed by atoms with Crippen LogP contribution in [0, 0.1) is 11.3 Å². The van der Waals surface area contributed by atoms with E-state index in [-0.39, 0.29) is 11.3 Å². The van der Waals surface area contributed by atoms with Crippen molar-refractivity contribution in [3.63, 3.8) is 0 Å². The van der Waals surface area contributed by atoms with Crippen LogP contribution in [0.3, 0.4) is 0 Å². The summed E-state index contributed by atoms with van der Waals surface area (Å²) in [5, 5.41) is 10.8. The van der Waals surface area contributed by atoms with E-state index in [0.29, 0.717) is 12.5 Å². The van der Waals surface area contributed by atoms with Crippen molar-refractivity contribution in [2.75, 3.05) is 19.6 Å². The second-order valence-corrected chi connectivity index (χ2v) is 6.25. The van der Waals surface area contributed by atoms with Crippen LogP contribution >= 0.6 is 0 Å². The SMILES string of the molecule is Cn1ccc(CCNC(=O)C(C)(C)C2CCCNC2)n1. The van der Waals surface area contributed by atoms with Gasteiger partial charge in [0.2, 0.25) is 5.91 Å². The zero-order chi connectivity index (χ0) is 14.6. The van der Waals surface area contributed by atoms with Crippen molar-refractivity contribution >= 4 is 5.91 Å². The highest BCUT2D eigenvalue weighted by molar-refractivity contribution is 5.82. The smallest absolute Gasteiger partial charge is 0.225 e. The molecule has 0 spiro atoms. The lowest BCUT2D eigenvalue weighted by atomic mass is 9.74. The molecular formula is C15H26N4O. The monoisotopic (exact) mass is 278 g/mol. The predicted octanol–water partition coefficient (Wildman–Crippen LogP) is 1.10. The molecule has 0 aliphatic carbocycles. The number of hydrogen-bond acceptors (Lipinski definition) is 3. The molecular weight excluding hydrogens is 252 g/mol. The number of hydrogen-bond donors (Lipinski definition) is 2. The lowest BCUT2D eigenvalue weighted by Crippen LogP contribution is -2.47. The van der Waals surface area contributed by atoms with Crippen LogP contribution in [0.25, 0.3) is 0 Å². The summed E-state index contributed by atoms with van der Waals surface area (Å²) < 4.78 is 1.79. The molecule has 1 fully saturated rings. The van der Waals surface area contributed by atoms with Crippen molar-refractivity contribution < 1.29 is 4.79 Å². The molecule has 1 saturated heterocycles. The van der Waals surface area contributed by atoms with Gasteiger partial charge in [0.1, 0.15) is 0 Å². The summed E-state index contributed by atoms with van der Waals surface area (Å²) in [4.78, 5) is 12.4. The van der Waals surface area contributed by atoms with E-state index >= 15 is 0 Å². The molecule has 1 aromatic rings. The summed E-state index contributed by atoms with van der Waals surface area (Å²) in [6.07, 6.45) is 5.00. The fraction of sp³-hybridized carbons (Fsp3) is 0.733. The third kappa shape index (κ3) is 3.60. The number of carbonyl (C=O) groups is 1. The third-order valence-corrected chi connectivity index (χ3v) is 4.34. The Labute approximate surface area is 121 Å². The molecule has 1 atom stereocenters. The minimum Gasteiger partial charge on any atom is -0.355 e. The van der Waals surface area contributed by atoms with Crippen molar-refractivity contribution in [2.45, 2.75) is 33.1 Å². The Morgan fingerprint density at radius 2 is 2.40 bits per heavy atom. The molecule has 0 saturated carbocycles. The summed E-state index contributed by atoms with van der Waals surface area (Å²) in [5.41, 5.74) is 0.710. The molecule has 1 aromatic heterocycles. The van der Waals surface area contributed by atoms with Gasteiger partial charge in [-0.05, 0) is 37.9 Å². The number of amides is 1. The van der Waals surface area contributed by atoms with Gasteiger partial charge in [-0.25, -0.2) is 0 Å². The maximum atomic E-state index is 12.4. The van der Waals surface area contributed by atoms with Gasteiger partial charge in [0.25, 0.3) is 0 Å². The summed E-state index contributed by atoms with van der Waals surface area (Å²) in [6, 6.07) is 1.99. The fourth-order valence-corrected chi connectivity index (χ4v) is 2.78. The second kappa shape index (κ2) is 6.39. The largest absolute Gasteiger partial charge is 0.355 e. The number of nitrogens with zero attached hydrogens (tertiary/aromatic N) is 2. The summed E-state index contributed by atoms with van der Waals surface area (Å²) >= 11 is 0. The molecule has 2 heterocycles. The zero-order valence-electron chi connectivity index (χ0n) is 12.8. The van der Waals surface area contributed by atoms with Gasteiger partial charge in [0, 0.05) is 31.6 Å². The molecule has 5 nitrogen and oxygen atoms in total. The topological polar surface area (TPSA) is 59.0 Å². The number of aryl methyl sites for hydroxylation is 1. The number of aromatic nitrogens is 2. The van der Waals surface area contributed by atoms with Gasteiger partial charge in [0.05, 0.1) is 5.69 Å². The summed E-state index contributed by atoms with van der Waals surface area (Å²) in [5.74, 6) is 0.577. The van der Waals surface area contributed by atoms with Crippen LogP contribution < -0.4 is 10.6 Å². The van der Waals surface area contributed by atoms with Crippen molar-refractivity contribution in [1.29, 1.82) is 0 Å². The quantitative estimate of drug-likeness (QED) is 0.848. The minimum absolute atomic E-state index is 0.155. The molecule has 0 radical (unpaired) electrons. The highest BCUT2D eigenvalue weighted by Crippen LogP contribution is 2.31. The molecule has 1 amide bonds. The molecule has 20 heavy (non-hydrogen) atoms. The van der Waals surface area contributed by atoms with Gasteiger partial charge >= 0.3 is 0 Å². The van der Waals surface area contributed by atoms with E-state index in [1.165, 1.54) is 0 Å². The van der Waals surface area contributed by atoms with Gasteiger partial charge in [-0.15, -0.1) is 0 Å². The Kier molecular flexibility index (Phi) is 4.81. The third-order valence-electron chi connectivity index (χ3n) is 4.34. The molecule has 112 valence electrons. The Bertz CT molecular complexity index is 446. The molecule has 5 heteroatoms. The molecule has 0 aromatic carbocycles. The molecule has 0 bridgehead atoms. The zero-order valence-corrected chi connectivity index (χ0v) is 12.8. The lowest BCUT2D eigenvalue weighted by Gasteiger charge is -2.36. The van der Waals surface area contributed by atoms with Gasteiger partial charge in [-0.1, -0.05) is 13.8 Å². The van der Waals surface area contributed by atoms with E-state index in [0.717, 1.165) is 38.0 Å². The van der Waals surface area contributed by atoms with Crippen molar-refractivity contribution in [3.8, 4) is 0 Å². The molecule has 2 N–H and O–H groups in total. The van der Waals surface area contributed by atoms with Crippen LogP contribution in [0.5, 0.6) is 0 Å². The molecule has 1 aliphatic heterocycles. The number of rotatable bonds is 5. The first-order valence-corrected chi connectivity index (χ1v) is 7.47. The molecule has 1 aliphatic rings. The van der Waals surface area contributed by atoms with E-state index in [4.69, 9.17) is 0 Å². The van der Waals surface area contributed by atoms with Crippen molar-refractivity contribution in [1.82, 2.24) is 20.4 Å². The minimum atomic E-state index is -0.308. The van der Waals surface area contributed by atoms with Crippen LogP contribution in [0.15, 0.2) is 12.3 Å². The fourth-order valence-electron chi connectivity index (χ4n) is 2.78. The Morgan fingerprint density at radius 1 is 1.60 bits per heavy atom. The average molecular weight is 278 g/mol. The Hall–Kier alpha value is -1.36. The standard InChI is InChI=1S/C15H26N4O/c1-15(2,12-5-4-8-16-11-12)14(20)17-9-6-13-7-10-19(3)18-13/h7,10,12,16H,4-6,8-9,11H2,1-3H3,(H,17,20). The van der Waals surface area contributed by atoms with E-state index < -0.39 is 0 Å². The van der Waals surface area contributed by atoms with Crippen LogP contribution in [-0.4, -0.2) is 35.3 Å². The first-order valence-electron chi connectivity index (χ1n) is 7.47. The Morgan fingerprint density at radius 3 is 3.00 bits per heavy atom. The van der Waals surface area contributed by atoms with Crippen LogP contribution in [0.4, 0.5) is 0 Å². The highest BCUT2D eigenvalue weighted by atomic mass is 16.2. The maximum absolute atomic E-state index is 12.4. The highest BCUT2D eigenvalue weighted by Gasteiger charge is 2.36. The van der Waals surface area contributed by atoms with Crippen molar-refractivity contribution in [2.24, 2.45) is 18.4 Å². The predicted molar refractivity (Wildman–Crippen MR) is 79.3 cm³/mol. The van der Waals surface area contributed by atoms with E-state index in [1.54, 1.807) is 4.68 Å². The second-order valence-electron chi connectivity index (χ2n) is 6.25. The van der Waals surface area contributed by atoms with Gasteiger partial charge < -0.3 is 10.6 Å². The average Bonchev–Trinajstić information content (AvgIpc) is 2.85. The summed E-state index contributed by atoms with van der Waals surface area (Å²) in [6.45, 7) is 6.79. The normalized spacial score (nSPS) is 19.9. The molecule has 2 rings (SSSR count). The van der Waals surface area contributed by atoms with Gasteiger partial charge in [-0.2, -0.15) is 5.10 Å². The van der Waals surface area contributed by atoms with Crippen LogP contribution in [-0.2, 0) is 18.3 Å². The number of carbonyl (C=O) groups excluding carboxylic acids is 1. The first-order chi connectivity index (χ1) is 9.50. The van der Waals surface area contributed by atoms with Crippen molar-refractivity contribution in [3.05, 3.63) is 18.0 Å². The van der Waals surface area contributed by atoms with E-state index in [9.17, 15) is 4.79 Å². The van der Waals surface area contributed by atoms with Crippen LogP contribution in [0.1, 0.15) is 32.4 Å². The number of nitrogens with one attached hydrogen (secondary N) is 2. The summed E-state index contributed by atoms with van der Waals surface area (Å²) in [7, 11) is 1.90. The Balaban J connectivity index is 1.80. The van der Waals surface area contributed by atoms with Gasteiger partial charge in [-0.3, -0.25) is 9.48 Å². The van der Waals surface area contributed by atoms with Gasteiger partial charge in [0.15, 0.2) is 0 Å². The molecule has 1 unspecified atom stereocenters. The number of piperidine rings is 1. The lowest BCUT2D eigenvalue weighted by molar-refractivity contribution is -0.132. The van der Waals surface area contributed by atoms with Crippen LogP contribution in [0.2, 0.25) is 0 Å². The maximum Gasteiger partial charge on any atom is 0.225 e. The first kappa shape index (κ1) is 15.0. The van der Waals surface area contributed by atoms with E-state index in [2.05, 4.69) is 29.6 Å².